The van der Waals surface area contributed by atoms with E-state index in [1.165, 1.54) is 0 Å². The molecule has 0 aromatic carbocycles. The average molecular weight is 205 g/mol. The summed E-state index contributed by atoms with van der Waals surface area (Å²) in [5.41, 5.74) is 6.49. The van der Waals surface area contributed by atoms with Gasteiger partial charge in [0, 0.05) is 12.6 Å². The first kappa shape index (κ1) is 9.98. The van der Waals surface area contributed by atoms with Crippen molar-refractivity contribution in [1.82, 2.24) is 9.38 Å². The van der Waals surface area contributed by atoms with Crippen LogP contribution in [0.3, 0.4) is 0 Å². The van der Waals surface area contributed by atoms with E-state index < -0.39 is 0 Å². The molecule has 0 saturated carbocycles. The van der Waals surface area contributed by atoms with Gasteiger partial charge in [0.25, 0.3) is 0 Å². The fourth-order valence-corrected chi connectivity index (χ4v) is 1.67. The quantitative estimate of drug-likeness (QED) is 0.816. The minimum atomic E-state index is 0.693. The van der Waals surface area contributed by atoms with E-state index in [1.54, 1.807) is 7.11 Å². The summed E-state index contributed by atoms with van der Waals surface area (Å²) in [6, 6.07) is 3.89. The van der Waals surface area contributed by atoms with Crippen LogP contribution in [0.15, 0.2) is 24.5 Å². The van der Waals surface area contributed by atoms with E-state index in [4.69, 9.17) is 10.5 Å². The summed E-state index contributed by atoms with van der Waals surface area (Å²) in [5, 5.41) is 0. The summed E-state index contributed by atoms with van der Waals surface area (Å²) in [4.78, 5) is 4.37. The number of ether oxygens (including phenoxy) is 1. The Kier molecular flexibility index (Phi) is 2.87. The molecule has 0 aliphatic carbocycles. The van der Waals surface area contributed by atoms with E-state index in [9.17, 15) is 0 Å². The smallest absolute Gasteiger partial charge is 0.144 e. The maximum Gasteiger partial charge on any atom is 0.144 e. The molecule has 2 rings (SSSR count). The lowest BCUT2D eigenvalue weighted by atomic mass is 10.3. The number of aryl methyl sites for hydroxylation is 1. The van der Waals surface area contributed by atoms with Gasteiger partial charge in [-0.15, -0.1) is 0 Å². The molecule has 15 heavy (non-hydrogen) atoms. The van der Waals surface area contributed by atoms with Crippen molar-refractivity contribution in [1.29, 1.82) is 0 Å². The van der Waals surface area contributed by atoms with Crippen LogP contribution in [0.4, 0.5) is 0 Å². The minimum Gasteiger partial charge on any atom is -0.494 e. The van der Waals surface area contributed by atoms with Crippen LogP contribution >= 0.6 is 0 Å². The number of rotatable bonds is 4. The van der Waals surface area contributed by atoms with E-state index in [1.807, 2.05) is 24.5 Å². The average Bonchev–Trinajstić information content (AvgIpc) is 2.69. The predicted molar refractivity (Wildman–Crippen MR) is 59.1 cm³/mol. The monoisotopic (exact) mass is 205 g/mol. The summed E-state index contributed by atoms with van der Waals surface area (Å²) in [6.07, 6.45) is 5.69. The molecule has 0 radical (unpaired) electrons. The summed E-state index contributed by atoms with van der Waals surface area (Å²) in [6.45, 7) is 0.693. The normalized spacial score (nSPS) is 10.8. The first-order valence-corrected chi connectivity index (χ1v) is 5.06. The second-order valence-electron chi connectivity index (χ2n) is 3.40. The summed E-state index contributed by atoms with van der Waals surface area (Å²) in [7, 11) is 1.67. The van der Waals surface area contributed by atoms with Crippen LogP contribution in [-0.4, -0.2) is 23.0 Å². The van der Waals surface area contributed by atoms with Crippen molar-refractivity contribution >= 4 is 5.52 Å². The third-order valence-corrected chi connectivity index (χ3v) is 2.43. The van der Waals surface area contributed by atoms with Gasteiger partial charge >= 0.3 is 0 Å². The second-order valence-corrected chi connectivity index (χ2v) is 3.40. The number of nitrogens with two attached hydrogens (primary N) is 1. The van der Waals surface area contributed by atoms with Gasteiger partial charge < -0.3 is 14.9 Å². The van der Waals surface area contributed by atoms with E-state index in [-0.39, 0.29) is 0 Å². The number of hydrogen-bond donors (Lipinski definition) is 1. The summed E-state index contributed by atoms with van der Waals surface area (Å²) in [5.74, 6) is 1.89. The molecule has 2 aromatic heterocycles. The topological polar surface area (TPSA) is 52.5 Å². The van der Waals surface area contributed by atoms with E-state index in [0.717, 1.165) is 29.9 Å². The first-order valence-electron chi connectivity index (χ1n) is 5.06. The molecule has 2 aromatic rings. The number of pyridine rings is 1. The van der Waals surface area contributed by atoms with Crippen molar-refractivity contribution in [2.24, 2.45) is 5.73 Å². The number of fused-ring (bicyclic) bond motifs is 1. The van der Waals surface area contributed by atoms with E-state index in [0.29, 0.717) is 6.54 Å². The van der Waals surface area contributed by atoms with Crippen LogP contribution in [0.25, 0.3) is 5.52 Å². The molecular formula is C11H15N3O. The summed E-state index contributed by atoms with van der Waals surface area (Å²) >= 11 is 0. The Hall–Kier alpha value is -1.55. The lowest BCUT2D eigenvalue weighted by molar-refractivity contribution is 0.418. The zero-order valence-electron chi connectivity index (χ0n) is 8.81. The van der Waals surface area contributed by atoms with Crippen molar-refractivity contribution in [3.8, 4) is 5.75 Å². The lowest BCUT2D eigenvalue weighted by Crippen LogP contribution is -2.03. The highest BCUT2D eigenvalue weighted by atomic mass is 16.5. The lowest BCUT2D eigenvalue weighted by Gasteiger charge is -2.03. The van der Waals surface area contributed by atoms with Gasteiger partial charge in [-0.05, 0) is 25.1 Å². The highest BCUT2D eigenvalue weighted by Crippen LogP contribution is 2.20. The molecule has 0 bridgehead atoms. The Morgan fingerprint density at radius 1 is 1.53 bits per heavy atom. The highest BCUT2D eigenvalue weighted by Gasteiger charge is 2.06. The fourth-order valence-electron chi connectivity index (χ4n) is 1.67. The van der Waals surface area contributed by atoms with Crippen molar-refractivity contribution in [2.45, 2.75) is 12.8 Å². The predicted octanol–water partition coefficient (Wildman–Crippen LogP) is 1.23. The van der Waals surface area contributed by atoms with Crippen LogP contribution in [0, 0.1) is 0 Å². The molecule has 0 spiro atoms. The summed E-state index contributed by atoms with van der Waals surface area (Å²) < 4.78 is 7.31. The maximum atomic E-state index is 5.48. The van der Waals surface area contributed by atoms with Gasteiger partial charge in [0.15, 0.2) is 0 Å². The molecule has 0 unspecified atom stereocenters. The molecule has 2 heterocycles. The highest BCUT2D eigenvalue weighted by molar-refractivity contribution is 5.59. The Morgan fingerprint density at radius 2 is 2.40 bits per heavy atom. The van der Waals surface area contributed by atoms with Gasteiger partial charge in [0.2, 0.25) is 0 Å². The number of imidazole rings is 1. The SMILES string of the molecule is COc1cccn2c(CCCN)ncc12. The zero-order chi connectivity index (χ0) is 10.7. The van der Waals surface area contributed by atoms with Crippen LogP contribution in [0.1, 0.15) is 12.2 Å². The number of aromatic nitrogens is 2. The molecule has 80 valence electrons. The second kappa shape index (κ2) is 4.31. The molecule has 0 fully saturated rings. The van der Waals surface area contributed by atoms with E-state index in [2.05, 4.69) is 9.38 Å². The minimum absolute atomic E-state index is 0.693. The molecular weight excluding hydrogens is 190 g/mol. The zero-order valence-corrected chi connectivity index (χ0v) is 8.81. The van der Waals surface area contributed by atoms with Gasteiger partial charge in [0.1, 0.15) is 17.1 Å². The molecule has 4 nitrogen and oxygen atoms in total. The van der Waals surface area contributed by atoms with Gasteiger partial charge in [0.05, 0.1) is 13.3 Å². The van der Waals surface area contributed by atoms with Gasteiger partial charge in [-0.25, -0.2) is 4.98 Å². The Balaban J connectivity index is 2.42. The van der Waals surface area contributed by atoms with Crippen molar-refractivity contribution in [2.75, 3.05) is 13.7 Å². The van der Waals surface area contributed by atoms with Crippen LogP contribution < -0.4 is 10.5 Å². The maximum absolute atomic E-state index is 5.48. The first-order chi connectivity index (χ1) is 7.36. The van der Waals surface area contributed by atoms with Crippen molar-refractivity contribution < 1.29 is 4.74 Å². The standard InChI is InChI=1S/C11H15N3O/c1-15-10-4-3-7-14-9(10)8-13-11(14)5-2-6-12/h3-4,7-8H,2,5-6,12H2,1H3. The van der Waals surface area contributed by atoms with E-state index >= 15 is 0 Å². The van der Waals surface area contributed by atoms with Crippen LogP contribution in [-0.2, 0) is 6.42 Å². The van der Waals surface area contributed by atoms with Crippen LogP contribution in [0.2, 0.25) is 0 Å². The van der Waals surface area contributed by atoms with Gasteiger partial charge in [-0.2, -0.15) is 0 Å². The number of nitrogens with zero attached hydrogens (tertiary/aromatic N) is 2. The third-order valence-electron chi connectivity index (χ3n) is 2.43. The number of methoxy groups -OCH3 is 1. The van der Waals surface area contributed by atoms with Gasteiger partial charge in [-0.3, -0.25) is 0 Å². The molecule has 0 aliphatic rings. The van der Waals surface area contributed by atoms with Crippen molar-refractivity contribution in [3.63, 3.8) is 0 Å². The Bertz CT molecular complexity index is 450. The number of hydrogen-bond acceptors (Lipinski definition) is 3. The largest absolute Gasteiger partial charge is 0.494 e. The molecule has 2 N–H and O–H groups in total. The third kappa shape index (κ3) is 1.80. The molecule has 0 atom stereocenters. The molecule has 0 aliphatic heterocycles. The Morgan fingerprint density at radius 3 is 3.13 bits per heavy atom. The van der Waals surface area contributed by atoms with Crippen LogP contribution in [0.5, 0.6) is 5.75 Å². The molecule has 0 amide bonds. The molecule has 4 heteroatoms. The fraction of sp³-hybridized carbons (Fsp3) is 0.364. The molecule has 0 saturated heterocycles. The van der Waals surface area contributed by atoms with Gasteiger partial charge in [-0.1, -0.05) is 0 Å². The van der Waals surface area contributed by atoms with Crippen molar-refractivity contribution in [3.05, 3.63) is 30.4 Å². The Labute approximate surface area is 88.7 Å².